The van der Waals surface area contributed by atoms with E-state index in [0.29, 0.717) is 5.56 Å². The first kappa shape index (κ1) is 15.8. The molecule has 1 atom stereocenters. The van der Waals surface area contributed by atoms with Gasteiger partial charge in [-0.2, -0.15) is 13.2 Å². The molecule has 8 heteroatoms. The predicted octanol–water partition coefficient (Wildman–Crippen LogP) is 1.99. The Hall–Kier alpha value is -2.06. The largest absolute Gasteiger partial charge is 0.465 e. The summed E-state index contributed by atoms with van der Waals surface area (Å²) in [6.07, 6.45) is -4.79. The van der Waals surface area contributed by atoms with Crippen molar-refractivity contribution in [3.8, 4) is 0 Å². The molecule has 1 aromatic rings. The number of ether oxygens (including phenoxy) is 1. The SMILES string of the molecule is COC(=O)C1=C(C(F)(F)F)ON2CNCC12c1ccc(C)cc1. The van der Waals surface area contributed by atoms with Gasteiger partial charge >= 0.3 is 12.1 Å². The van der Waals surface area contributed by atoms with Gasteiger partial charge in [0.1, 0.15) is 11.1 Å². The van der Waals surface area contributed by atoms with Crippen LogP contribution in [0.5, 0.6) is 0 Å². The van der Waals surface area contributed by atoms with Crippen LogP contribution in [0.1, 0.15) is 11.1 Å². The fourth-order valence-electron chi connectivity index (χ4n) is 3.01. The minimum atomic E-state index is -4.79. The number of benzene rings is 1. The van der Waals surface area contributed by atoms with Crippen molar-refractivity contribution in [2.75, 3.05) is 20.3 Å². The van der Waals surface area contributed by atoms with Crippen molar-refractivity contribution in [3.05, 3.63) is 46.7 Å². The number of methoxy groups -OCH3 is 1. The molecule has 5 nitrogen and oxygen atoms in total. The molecule has 0 bridgehead atoms. The Morgan fingerprint density at radius 3 is 2.57 bits per heavy atom. The van der Waals surface area contributed by atoms with Gasteiger partial charge in [0.2, 0.25) is 5.76 Å². The molecule has 2 aliphatic heterocycles. The number of hydroxylamine groups is 2. The highest BCUT2D eigenvalue weighted by molar-refractivity contribution is 5.93. The van der Waals surface area contributed by atoms with Gasteiger partial charge in [-0.05, 0) is 12.5 Å². The Balaban J connectivity index is 2.23. The van der Waals surface area contributed by atoms with Crippen LogP contribution >= 0.6 is 0 Å². The van der Waals surface area contributed by atoms with Gasteiger partial charge in [-0.25, -0.2) is 4.79 Å². The van der Waals surface area contributed by atoms with Gasteiger partial charge in [0.25, 0.3) is 0 Å². The molecule has 1 fully saturated rings. The van der Waals surface area contributed by atoms with E-state index in [0.717, 1.165) is 17.7 Å². The summed E-state index contributed by atoms with van der Waals surface area (Å²) in [5.41, 5.74) is -0.388. The first-order chi connectivity index (χ1) is 10.8. The van der Waals surface area contributed by atoms with E-state index in [-0.39, 0.29) is 13.2 Å². The molecule has 0 saturated carbocycles. The lowest BCUT2D eigenvalue weighted by Crippen LogP contribution is -2.42. The monoisotopic (exact) mass is 328 g/mol. The number of esters is 1. The van der Waals surface area contributed by atoms with E-state index in [1.165, 1.54) is 0 Å². The second-order valence-corrected chi connectivity index (χ2v) is 5.47. The highest BCUT2D eigenvalue weighted by atomic mass is 19.4. The van der Waals surface area contributed by atoms with Gasteiger partial charge in [-0.1, -0.05) is 29.8 Å². The maximum absolute atomic E-state index is 13.3. The highest BCUT2D eigenvalue weighted by Crippen LogP contribution is 2.50. The van der Waals surface area contributed by atoms with Gasteiger partial charge in [0.15, 0.2) is 0 Å². The molecule has 1 unspecified atom stereocenters. The first-order valence-electron chi connectivity index (χ1n) is 6.94. The van der Waals surface area contributed by atoms with E-state index < -0.39 is 29.0 Å². The minimum absolute atomic E-state index is 0.0634. The second kappa shape index (κ2) is 5.24. The van der Waals surface area contributed by atoms with Crippen molar-refractivity contribution in [2.45, 2.75) is 18.6 Å². The van der Waals surface area contributed by atoms with Gasteiger partial charge < -0.3 is 9.57 Å². The Labute approximate surface area is 130 Å². The summed E-state index contributed by atoms with van der Waals surface area (Å²) in [6, 6.07) is 6.95. The quantitative estimate of drug-likeness (QED) is 0.842. The molecule has 0 aromatic heterocycles. The summed E-state index contributed by atoms with van der Waals surface area (Å²) < 4.78 is 44.6. The lowest BCUT2D eigenvalue weighted by Gasteiger charge is -2.30. The third kappa shape index (κ3) is 2.29. The fraction of sp³-hybridized carbons (Fsp3) is 0.400. The zero-order valence-corrected chi connectivity index (χ0v) is 12.5. The molecule has 1 N–H and O–H groups in total. The molecule has 0 aliphatic carbocycles. The predicted molar refractivity (Wildman–Crippen MR) is 73.7 cm³/mol. The van der Waals surface area contributed by atoms with Crippen LogP contribution in [0.2, 0.25) is 0 Å². The molecule has 1 aromatic carbocycles. The second-order valence-electron chi connectivity index (χ2n) is 5.47. The molecule has 23 heavy (non-hydrogen) atoms. The number of nitrogens with zero attached hydrogens (tertiary/aromatic N) is 1. The Morgan fingerprint density at radius 1 is 1.35 bits per heavy atom. The van der Waals surface area contributed by atoms with Crippen LogP contribution in [0.3, 0.4) is 0 Å². The number of hydrogen-bond donors (Lipinski definition) is 1. The maximum atomic E-state index is 13.3. The Morgan fingerprint density at radius 2 is 2.00 bits per heavy atom. The number of fused-ring (bicyclic) bond motifs is 1. The molecular formula is C15H15F3N2O3. The summed E-state index contributed by atoms with van der Waals surface area (Å²) in [7, 11) is 1.05. The number of alkyl halides is 3. The van der Waals surface area contributed by atoms with Gasteiger partial charge in [0, 0.05) is 6.54 Å². The summed E-state index contributed by atoms with van der Waals surface area (Å²) in [6.45, 7) is 2.05. The molecule has 0 radical (unpaired) electrons. The number of aryl methyl sites for hydroxylation is 1. The maximum Gasteiger partial charge on any atom is 0.452 e. The van der Waals surface area contributed by atoms with Crippen molar-refractivity contribution in [2.24, 2.45) is 0 Å². The number of nitrogens with one attached hydrogen (secondary N) is 1. The van der Waals surface area contributed by atoms with E-state index >= 15 is 0 Å². The number of allylic oxidation sites excluding steroid dienone is 1. The molecule has 124 valence electrons. The van der Waals surface area contributed by atoms with Crippen LogP contribution in [-0.2, 0) is 19.9 Å². The number of halogens is 3. The minimum Gasteiger partial charge on any atom is -0.465 e. The smallest absolute Gasteiger partial charge is 0.452 e. The van der Waals surface area contributed by atoms with Gasteiger partial charge in [-0.3, -0.25) is 5.32 Å². The molecule has 1 saturated heterocycles. The normalized spacial score (nSPS) is 24.6. The Kier molecular flexibility index (Phi) is 3.61. The molecule has 3 rings (SSSR count). The van der Waals surface area contributed by atoms with E-state index in [1.54, 1.807) is 24.3 Å². The van der Waals surface area contributed by atoms with Crippen molar-refractivity contribution < 1.29 is 27.5 Å². The van der Waals surface area contributed by atoms with Gasteiger partial charge in [0.05, 0.1) is 13.8 Å². The third-order valence-electron chi connectivity index (χ3n) is 4.08. The summed E-state index contributed by atoms with van der Waals surface area (Å²) >= 11 is 0. The Bertz CT molecular complexity index is 670. The topological polar surface area (TPSA) is 50.8 Å². The van der Waals surface area contributed by atoms with Crippen LogP contribution in [0.4, 0.5) is 13.2 Å². The van der Waals surface area contributed by atoms with Crippen molar-refractivity contribution in [1.29, 1.82) is 0 Å². The summed E-state index contributed by atoms with van der Waals surface area (Å²) in [4.78, 5) is 17.1. The molecule has 0 spiro atoms. The standard InChI is InChI=1S/C15H15F3N2O3/c1-9-3-5-10(6-4-9)14-7-19-8-20(14)23-12(15(16,17)18)11(14)13(21)22-2/h3-6,19H,7-8H2,1-2H3. The first-order valence-corrected chi connectivity index (χ1v) is 6.94. The number of carbonyl (C=O) groups is 1. The number of rotatable bonds is 2. The number of carbonyl (C=O) groups excluding carboxylic acids is 1. The van der Waals surface area contributed by atoms with Gasteiger partial charge in [-0.15, -0.1) is 5.06 Å². The molecular weight excluding hydrogens is 313 g/mol. The average molecular weight is 328 g/mol. The van der Waals surface area contributed by atoms with Crippen molar-refractivity contribution >= 4 is 5.97 Å². The van der Waals surface area contributed by atoms with E-state index in [2.05, 4.69) is 10.1 Å². The van der Waals surface area contributed by atoms with Crippen LogP contribution in [0.25, 0.3) is 0 Å². The van der Waals surface area contributed by atoms with Crippen molar-refractivity contribution in [3.63, 3.8) is 0 Å². The van der Waals surface area contributed by atoms with E-state index in [9.17, 15) is 18.0 Å². The molecule has 2 heterocycles. The lowest BCUT2D eigenvalue weighted by molar-refractivity contribution is -0.201. The summed E-state index contributed by atoms with van der Waals surface area (Å²) in [5.74, 6) is -2.37. The van der Waals surface area contributed by atoms with Crippen LogP contribution in [-0.4, -0.2) is 37.5 Å². The van der Waals surface area contributed by atoms with Crippen LogP contribution in [0.15, 0.2) is 35.6 Å². The van der Waals surface area contributed by atoms with E-state index in [1.807, 2.05) is 6.92 Å². The highest BCUT2D eigenvalue weighted by Gasteiger charge is 2.62. The van der Waals surface area contributed by atoms with Crippen molar-refractivity contribution in [1.82, 2.24) is 10.4 Å². The summed E-state index contributed by atoms with van der Waals surface area (Å²) in [5, 5.41) is 4.10. The van der Waals surface area contributed by atoms with E-state index in [4.69, 9.17) is 4.84 Å². The fourth-order valence-corrected chi connectivity index (χ4v) is 3.01. The van der Waals surface area contributed by atoms with Crippen LogP contribution in [0, 0.1) is 6.92 Å². The zero-order valence-electron chi connectivity index (χ0n) is 12.5. The molecule has 0 amide bonds. The average Bonchev–Trinajstić information content (AvgIpc) is 3.03. The third-order valence-corrected chi connectivity index (χ3v) is 4.08. The number of hydrogen-bond acceptors (Lipinski definition) is 5. The zero-order chi connectivity index (χ0) is 16.8. The molecule has 2 aliphatic rings. The lowest BCUT2D eigenvalue weighted by atomic mass is 9.82. The van der Waals surface area contributed by atoms with Crippen LogP contribution < -0.4 is 5.32 Å².